The molecule has 0 spiro atoms. The number of carbonyl (C=O) groups excluding carboxylic acids is 1. The van der Waals surface area contributed by atoms with E-state index in [1.165, 1.54) is 5.56 Å². The smallest absolute Gasteiger partial charge is 0.169 e. The number of Topliss-reactive ketones (excluding diaryl/α,β-unsaturated/α-hetero) is 1. The highest BCUT2D eigenvalue weighted by Gasteiger charge is 2.14. The number of benzene rings is 2. The second-order valence-corrected chi connectivity index (χ2v) is 5.84. The van der Waals surface area contributed by atoms with Gasteiger partial charge >= 0.3 is 0 Å². The van der Waals surface area contributed by atoms with Crippen LogP contribution in [0, 0.1) is 6.92 Å². The molecule has 0 N–H and O–H groups in total. The van der Waals surface area contributed by atoms with Crippen LogP contribution in [0.4, 0.5) is 0 Å². The number of halogens is 1. The molecular weight excluding hydrogens is 282 g/mol. The van der Waals surface area contributed by atoms with Crippen molar-refractivity contribution in [1.29, 1.82) is 0 Å². The molecule has 0 saturated carbocycles. The van der Waals surface area contributed by atoms with Gasteiger partial charge in [0.25, 0.3) is 0 Å². The third kappa shape index (κ3) is 2.72. The van der Waals surface area contributed by atoms with Crippen molar-refractivity contribution in [2.24, 2.45) is 7.05 Å². The quantitative estimate of drug-likeness (QED) is 0.649. The summed E-state index contributed by atoms with van der Waals surface area (Å²) in [6, 6.07) is 13.7. The largest absolute Gasteiger partial charge is 0.350 e. The van der Waals surface area contributed by atoms with Crippen LogP contribution in [0.1, 0.15) is 21.5 Å². The molecule has 1 aromatic heterocycles. The number of fused-ring (bicyclic) bond motifs is 1. The fourth-order valence-corrected chi connectivity index (χ4v) is 2.85. The molecule has 0 aliphatic carbocycles. The minimum atomic E-state index is 0.133. The molecule has 0 aliphatic rings. The summed E-state index contributed by atoms with van der Waals surface area (Å²) in [7, 11) is 1.93. The third-order valence-electron chi connectivity index (χ3n) is 3.70. The van der Waals surface area contributed by atoms with Crippen molar-refractivity contribution in [1.82, 2.24) is 4.57 Å². The zero-order valence-corrected chi connectivity index (χ0v) is 12.8. The topological polar surface area (TPSA) is 22.0 Å². The lowest BCUT2D eigenvalue weighted by Gasteiger charge is -2.02. The van der Waals surface area contributed by atoms with Crippen molar-refractivity contribution in [2.45, 2.75) is 13.3 Å². The minimum absolute atomic E-state index is 0.133. The maximum Gasteiger partial charge on any atom is 0.169 e. The van der Waals surface area contributed by atoms with Gasteiger partial charge in [0.05, 0.1) is 0 Å². The van der Waals surface area contributed by atoms with E-state index < -0.39 is 0 Å². The molecule has 2 aromatic carbocycles. The maximum absolute atomic E-state index is 12.6. The van der Waals surface area contributed by atoms with Crippen LogP contribution in [0.5, 0.6) is 0 Å². The number of ketones is 1. The predicted molar refractivity (Wildman–Crippen MR) is 87.1 cm³/mol. The Kier molecular flexibility index (Phi) is 3.56. The molecule has 3 aromatic rings. The van der Waals surface area contributed by atoms with Crippen molar-refractivity contribution in [2.75, 3.05) is 0 Å². The lowest BCUT2D eigenvalue weighted by atomic mass is 10.0. The Morgan fingerprint density at radius 3 is 2.76 bits per heavy atom. The van der Waals surface area contributed by atoms with Crippen molar-refractivity contribution in [3.8, 4) is 0 Å². The monoisotopic (exact) mass is 297 g/mol. The Labute approximate surface area is 129 Å². The number of aromatic nitrogens is 1. The first-order valence-corrected chi connectivity index (χ1v) is 7.26. The van der Waals surface area contributed by atoms with Gasteiger partial charge in [0.1, 0.15) is 0 Å². The van der Waals surface area contributed by atoms with E-state index >= 15 is 0 Å². The molecule has 0 aliphatic heterocycles. The molecular formula is C18H16ClNO. The van der Waals surface area contributed by atoms with Crippen molar-refractivity contribution >= 4 is 28.3 Å². The van der Waals surface area contributed by atoms with E-state index in [1.807, 2.05) is 61.1 Å². The summed E-state index contributed by atoms with van der Waals surface area (Å²) in [6.07, 6.45) is 2.31. The van der Waals surface area contributed by atoms with Crippen molar-refractivity contribution < 1.29 is 4.79 Å². The Hall–Kier alpha value is -2.06. The number of hydrogen-bond donors (Lipinski definition) is 0. The third-order valence-corrected chi connectivity index (χ3v) is 3.94. The second kappa shape index (κ2) is 5.38. The zero-order chi connectivity index (χ0) is 15.0. The van der Waals surface area contributed by atoms with Gasteiger partial charge in [-0.3, -0.25) is 4.79 Å². The fraction of sp³-hybridized carbons (Fsp3) is 0.167. The summed E-state index contributed by atoms with van der Waals surface area (Å²) < 4.78 is 1.95. The van der Waals surface area contributed by atoms with Crippen LogP contribution in [0.25, 0.3) is 10.9 Å². The first-order valence-electron chi connectivity index (χ1n) is 6.88. The van der Waals surface area contributed by atoms with Gasteiger partial charge in [-0.05, 0) is 24.6 Å². The van der Waals surface area contributed by atoms with Crippen LogP contribution in [0.2, 0.25) is 5.02 Å². The highest BCUT2D eigenvalue weighted by Crippen LogP contribution is 2.25. The summed E-state index contributed by atoms with van der Waals surface area (Å²) in [4.78, 5) is 12.6. The van der Waals surface area contributed by atoms with Gasteiger partial charge in [0.2, 0.25) is 0 Å². The van der Waals surface area contributed by atoms with Gasteiger partial charge in [-0.15, -0.1) is 0 Å². The highest BCUT2D eigenvalue weighted by atomic mass is 35.5. The summed E-state index contributed by atoms with van der Waals surface area (Å²) in [5, 5.41) is 1.64. The Morgan fingerprint density at radius 2 is 2.00 bits per heavy atom. The number of nitrogens with zero attached hydrogens (tertiary/aromatic N) is 1. The molecule has 3 heteroatoms. The van der Waals surface area contributed by atoms with E-state index in [1.54, 1.807) is 0 Å². The molecule has 0 fully saturated rings. The molecule has 106 valence electrons. The molecule has 0 bridgehead atoms. The van der Waals surface area contributed by atoms with Crippen LogP contribution < -0.4 is 0 Å². The van der Waals surface area contributed by atoms with E-state index in [9.17, 15) is 4.79 Å². The van der Waals surface area contributed by atoms with Crippen molar-refractivity contribution in [3.63, 3.8) is 0 Å². The van der Waals surface area contributed by atoms with Crippen LogP contribution in [-0.2, 0) is 13.5 Å². The van der Waals surface area contributed by atoms with Crippen LogP contribution in [0.3, 0.4) is 0 Å². The Morgan fingerprint density at radius 1 is 1.19 bits per heavy atom. The van der Waals surface area contributed by atoms with Crippen LogP contribution >= 0.6 is 11.6 Å². The van der Waals surface area contributed by atoms with Gasteiger partial charge in [-0.1, -0.05) is 47.5 Å². The van der Waals surface area contributed by atoms with Gasteiger partial charge in [0.15, 0.2) is 5.78 Å². The van der Waals surface area contributed by atoms with Gasteiger partial charge in [0, 0.05) is 41.2 Å². The second-order valence-electron chi connectivity index (χ2n) is 5.40. The predicted octanol–water partition coefficient (Wildman–Crippen LogP) is 4.57. The molecule has 0 radical (unpaired) electrons. The average molecular weight is 298 g/mol. The first kappa shape index (κ1) is 13.9. The number of hydrogen-bond acceptors (Lipinski definition) is 1. The molecule has 0 unspecified atom stereocenters. The number of carbonyl (C=O) groups is 1. The van der Waals surface area contributed by atoms with Crippen LogP contribution in [0.15, 0.2) is 48.7 Å². The van der Waals surface area contributed by atoms with Gasteiger partial charge in [-0.25, -0.2) is 0 Å². The van der Waals surface area contributed by atoms with E-state index in [2.05, 4.69) is 6.07 Å². The minimum Gasteiger partial charge on any atom is -0.350 e. The maximum atomic E-state index is 12.6. The Balaban J connectivity index is 1.98. The molecule has 0 saturated heterocycles. The Bertz CT molecular complexity index is 832. The van der Waals surface area contributed by atoms with Crippen molar-refractivity contribution in [3.05, 3.63) is 70.4 Å². The summed E-state index contributed by atoms with van der Waals surface area (Å²) in [5.41, 5.74) is 3.96. The normalized spacial score (nSPS) is 11.0. The van der Waals surface area contributed by atoms with Gasteiger partial charge in [-0.2, -0.15) is 0 Å². The van der Waals surface area contributed by atoms with E-state index in [0.717, 1.165) is 22.0 Å². The standard InChI is InChI=1S/C18H16ClNO/c1-12-4-3-5-13(8-12)9-18(21)16-11-20(2)17-10-14(19)6-7-15(16)17/h3-8,10-11H,9H2,1-2H3. The lowest BCUT2D eigenvalue weighted by Crippen LogP contribution is -2.03. The fourth-order valence-electron chi connectivity index (χ4n) is 2.68. The number of aryl methyl sites for hydroxylation is 2. The lowest BCUT2D eigenvalue weighted by molar-refractivity contribution is 0.0994. The van der Waals surface area contributed by atoms with E-state index in [0.29, 0.717) is 11.4 Å². The molecule has 0 amide bonds. The molecule has 0 atom stereocenters. The summed E-state index contributed by atoms with van der Waals surface area (Å²) in [6.45, 7) is 2.04. The SMILES string of the molecule is Cc1cccc(CC(=O)c2cn(C)c3cc(Cl)ccc23)c1. The molecule has 1 heterocycles. The van der Waals surface area contributed by atoms with Crippen LogP contribution in [-0.4, -0.2) is 10.4 Å². The van der Waals surface area contributed by atoms with Gasteiger partial charge < -0.3 is 4.57 Å². The van der Waals surface area contributed by atoms with E-state index in [-0.39, 0.29) is 5.78 Å². The summed E-state index contributed by atoms with van der Waals surface area (Å²) in [5.74, 6) is 0.133. The molecule has 2 nitrogen and oxygen atoms in total. The highest BCUT2D eigenvalue weighted by molar-refractivity contribution is 6.31. The summed E-state index contributed by atoms with van der Waals surface area (Å²) >= 11 is 6.03. The molecule has 3 rings (SSSR count). The number of rotatable bonds is 3. The molecule has 21 heavy (non-hydrogen) atoms. The van der Waals surface area contributed by atoms with E-state index in [4.69, 9.17) is 11.6 Å². The first-order chi connectivity index (χ1) is 10.0. The average Bonchev–Trinajstić information content (AvgIpc) is 2.76. The zero-order valence-electron chi connectivity index (χ0n) is 12.1.